The lowest BCUT2D eigenvalue weighted by atomic mass is 10.3. The lowest BCUT2D eigenvalue weighted by molar-refractivity contribution is -0.118. The van der Waals surface area contributed by atoms with Crippen molar-refractivity contribution in [2.45, 2.75) is 18.2 Å². The van der Waals surface area contributed by atoms with Gasteiger partial charge in [-0.25, -0.2) is 8.42 Å². The van der Waals surface area contributed by atoms with E-state index in [0.717, 1.165) is 4.31 Å². The fraction of sp³-hybridized carbons (Fsp3) is 0.385. The monoisotopic (exact) mass is 311 g/mol. The van der Waals surface area contributed by atoms with Crippen molar-refractivity contribution >= 4 is 15.9 Å². The predicted octanol–water partition coefficient (Wildman–Crippen LogP) is -0.689. The SMILES string of the molecule is CCN(CC(N)=O)S(=O)(=O)c1cncc(C#CCCO)c1. The molecule has 0 saturated heterocycles. The number of pyridine rings is 1. The normalized spacial score (nSPS) is 11.0. The summed E-state index contributed by atoms with van der Waals surface area (Å²) in [6.07, 6.45) is 2.91. The summed E-state index contributed by atoms with van der Waals surface area (Å²) in [6, 6.07) is 1.37. The van der Waals surface area contributed by atoms with E-state index in [4.69, 9.17) is 10.8 Å². The van der Waals surface area contributed by atoms with Gasteiger partial charge >= 0.3 is 0 Å². The summed E-state index contributed by atoms with van der Waals surface area (Å²) >= 11 is 0. The van der Waals surface area contributed by atoms with Crippen molar-refractivity contribution in [3.8, 4) is 11.8 Å². The fourth-order valence-corrected chi connectivity index (χ4v) is 2.94. The molecular weight excluding hydrogens is 294 g/mol. The Morgan fingerprint density at radius 1 is 1.48 bits per heavy atom. The van der Waals surface area contributed by atoms with E-state index < -0.39 is 15.9 Å². The number of amides is 1. The van der Waals surface area contributed by atoms with E-state index in [2.05, 4.69) is 16.8 Å². The van der Waals surface area contributed by atoms with Gasteiger partial charge in [-0.3, -0.25) is 9.78 Å². The Labute approximate surface area is 123 Å². The molecule has 0 aromatic carbocycles. The molecule has 3 N–H and O–H groups in total. The second-order valence-electron chi connectivity index (χ2n) is 4.08. The Kier molecular flexibility index (Phi) is 6.30. The maximum atomic E-state index is 12.4. The molecule has 1 aromatic heterocycles. The molecule has 1 aromatic rings. The molecule has 0 aliphatic heterocycles. The lowest BCUT2D eigenvalue weighted by Gasteiger charge is -2.18. The molecule has 0 atom stereocenters. The van der Waals surface area contributed by atoms with E-state index in [1.165, 1.54) is 18.5 Å². The minimum Gasteiger partial charge on any atom is -0.395 e. The zero-order valence-electron chi connectivity index (χ0n) is 11.6. The third kappa shape index (κ3) is 4.82. The number of hydrogen-bond acceptors (Lipinski definition) is 5. The van der Waals surface area contributed by atoms with Crippen LogP contribution in [0.15, 0.2) is 23.4 Å². The number of carbonyl (C=O) groups is 1. The minimum absolute atomic E-state index is 0.0543. The van der Waals surface area contributed by atoms with Crippen molar-refractivity contribution in [1.82, 2.24) is 9.29 Å². The third-order valence-corrected chi connectivity index (χ3v) is 4.39. The molecule has 0 saturated carbocycles. The van der Waals surface area contributed by atoms with Crippen LogP contribution in [0.3, 0.4) is 0 Å². The number of primary amides is 1. The summed E-state index contributed by atoms with van der Waals surface area (Å²) in [5.41, 5.74) is 5.46. The number of aromatic nitrogens is 1. The molecule has 0 bridgehead atoms. The Morgan fingerprint density at radius 3 is 2.76 bits per heavy atom. The van der Waals surface area contributed by atoms with Crippen molar-refractivity contribution in [3.05, 3.63) is 24.0 Å². The van der Waals surface area contributed by atoms with Gasteiger partial charge in [0.15, 0.2) is 0 Å². The molecule has 0 aliphatic rings. The molecule has 0 fully saturated rings. The van der Waals surface area contributed by atoms with E-state index in [-0.39, 0.29) is 24.6 Å². The van der Waals surface area contributed by atoms with Crippen molar-refractivity contribution in [2.75, 3.05) is 19.7 Å². The number of nitrogens with zero attached hydrogens (tertiary/aromatic N) is 2. The fourth-order valence-electron chi connectivity index (χ4n) is 1.54. The van der Waals surface area contributed by atoms with Gasteiger partial charge in [-0.05, 0) is 6.07 Å². The maximum absolute atomic E-state index is 12.4. The van der Waals surface area contributed by atoms with Crippen LogP contribution in [0.4, 0.5) is 0 Å². The first kappa shape index (κ1) is 17.1. The highest BCUT2D eigenvalue weighted by molar-refractivity contribution is 7.89. The zero-order chi connectivity index (χ0) is 15.9. The van der Waals surface area contributed by atoms with Crippen LogP contribution in [0.5, 0.6) is 0 Å². The topological polar surface area (TPSA) is 114 Å². The molecule has 8 heteroatoms. The molecule has 114 valence electrons. The number of carbonyl (C=O) groups excluding carboxylic acids is 1. The van der Waals surface area contributed by atoms with Gasteiger partial charge in [0.25, 0.3) is 0 Å². The Morgan fingerprint density at radius 2 is 2.19 bits per heavy atom. The summed E-state index contributed by atoms with van der Waals surface area (Å²) < 4.78 is 25.7. The molecule has 1 rings (SSSR count). The van der Waals surface area contributed by atoms with Crippen LogP contribution in [0, 0.1) is 11.8 Å². The van der Waals surface area contributed by atoms with Crippen LogP contribution in [-0.4, -0.2) is 48.4 Å². The van der Waals surface area contributed by atoms with Crippen LogP contribution in [0.2, 0.25) is 0 Å². The summed E-state index contributed by atoms with van der Waals surface area (Å²) in [4.78, 5) is 14.7. The van der Waals surface area contributed by atoms with Crippen LogP contribution in [0.1, 0.15) is 18.9 Å². The Hall–Kier alpha value is -1.95. The largest absolute Gasteiger partial charge is 0.395 e. The second kappa shape index (κ2) is 7.73. The first-order valence-electron chi connectivity index (χ1n) is 6.25. The standard InChI is InChI=1S/C13H17N3O4S/c1-2-16(10-13(14)18)21(19,20)12-7-11(8-15-9-12)5-3-4-6-17/h7-9,17H,2,4,6,10H2,1H3,(H2,14,18). The van der Waals surface area contributed by atoms with Crippen LogP contribution < -0.4 is 5.73 Å². The van der Waals surface area contributed by atoms with Crippen molar-refractivity contribution < 1.29 is 18.3 Å². The van der Waals surface area contributed by atoms with Gasteiger partial charge in [-0.1, -0.05) is 18.8 Å². The Balaban J connectivity index is 3.11. The number of rotatable bonds is 6. The number of aliphatic hydroxyl groups is 1. The maximum Gasteiger partial charge on any atom is 0.245 e. The van der Waals surface area contributed by atoms with Crippen LogP contribution >= 0.6 is 0 Å². The average Bonchev–Trinajstić information content (AvgIpc) is 2.45. The van der Waals surface area contributed by atoms with Gasteiger partial charge in [0, 0.05) is 30.9 Å². The number of likely N-dealkylation sites (N-methyl/N-ethyl adjacent to an activating group) is 1. The number of aliphatic hydroxyl groups excluding tert-OH is 1. The van der Waals surface area contributed by atoms with Gasteiger partial charge in [0.2, 0.25) is 15.9 Å². The van der Waals surface area contributed by atoms with Crippen molar-refractivity contribution in [1.29, 1.82) is 0 Å². The van der Waals surface area contributed by atoms with E-state index in [1.54, 1.807) is 6.92 Å². The second-order valence-corrected chi connectivity index (χ2v) is 6.02. The molecular formula is C13H17N3O4S. The molecule has 1 amide bonds. The zero-order valence-corrected chi connectivity index (χ0v) is 12.4. The van der Waals surface area contributed by atoms with E-state index >= 15 is 0 Å². The molecule has 21 heavy (non-hydrogen) atoms. The smallest absolute Gasteiger partial charge is 0.245 e. The first-order chi connectivity index (χ1) is 9.91. The van der Waals surface area contributed by atoms with E-state index in [9.17, 15) is 13.2 Å². The van der Waals surface area contributed by atoms with Gasteiger partial charge in [0.1, 0.15) is 4.90 Å². The average molecular weight is 311 g/mol. The molecule has 0 unspecified atom stereocenters. The van der Waals surface area contributed by atoms with E-state index in [1.807, 2.05) is 0 Å². The minimum atomic E-state index is -3.85. The number of hydrogen-bond donors (Lipinski definition) is 2. The molecule has 0 aliphatic carbocycles. The highest BCUT2D eigenvalue weighted by atomic mass is 32.2. The highest BCUT2D eigenvalue weighted by Gasteiger charge is 2.24. The van der Waals surface area contributed by atoms with Crippen molar-refractivity contribution in [2.24, 2.45) is 5.73 Å². The predicted molar refractivity (Wildman–Crippen MR) is 76.4 cm³/mol. The van der Waals surface area contributed by atoms with Crippen LogP contribution in [-0.2, 0) is 14.8 Å². The van der Waals surface area contributed by atoms with Gasteiger partial charge in [0.05, 0.1) is 13.2 Å². The number of nitrogens with two attached hydrogens (primary N) is 1. The first-order valence-corrected chi connectivity index (χ1v) is 7.69. The summed E-state index contributed by atoms with van der Waals surface area (Å²) in [5.74, 6) is 4.66. The number of sulfonamides is 1. The van der Waals surface area contributed by atoms with Crippen molar-refractivity contribution in [3.63, 3.8) is 0 Å². The highest BCUT2D eigenvalue weighted by Crippen LogP contribution is 2.15. The Bertz CT molecular complexity index is 661. The molecule has 7 nitrogen and oxygen atoms in total. The summed E-state index contributed by atoms with van der Waals surface area (Å²) in [7, 11) is -3.85. The molecule has 0 radical (unpaired) electrons. The summed E-state index contributed by atoms with van der Waals surface area (Å²) in [5, 5.41) is 8.65. The lowest BCUT2D eigenvalue weighted by Crippen LogP contribution is -2.38. The van der Waals surface area contributed by atoms with Gasteiger partial charge < -0.3 is 10.8 Å². The molecule has 1 heterocycles. The molecule has 0 spiro atoms. The quantitative estimate of drug-likeness (QED) is 0.675. The van der Waals surface area contributed by atoms with E-state index in [0.29, 0.717) is 12.0 Å². The van der Waals surface area contributed by atoms with Gasteiger partial charge in [-0.2, -0.15) is 4.31 Å². The third-order valence-electron chi connectivity index (χ3n) is 2.51. The summed E-state index contributed by atoms with van der Waals surface area (Å²) in [6.45, 7) is 1.27. The van der Waals surface area contributed by atoms with Gasteiger partial charge in [-0.15, -0.1) is 0 Å². The van der Waals surface area contributed by atoms with Crippen LogP contribution in [0.25, 0.3) is 0 Å².